The molecule has 0 aliphatic carbocycles. The van der Waals surface area contributed by atoms with Crippen LogP contribution in [0.4, 0.5) is 13.2 Å². The van der Waals surface area contributed by atoms with Crippen molar-refractivity contribution in [3.8, 4) is 5.75 Å². The minimum atomic E-state index is -4.53. The molecule has 0 atom stereocenters. The number of nitrogens with zero attached hydrogens (tertiary/aromatic N) is 1. The standard InChI is InChI=1S/C24H22F3NO4S/c25-24(26,27)21-7-9-22(10-8-21)33(29,30)28-12-13-32-23-11-6-19(14-20(23)15-28)17-31-16-18-4-2-1-3-5-18/h1-11,14H,12-13,15-17H2. The largest absolute Gasteiger partial charge is 0.492 e. The van der Waals surface area contributed by atoms with Crippen molar-refractivity contribution < 1.29 is 31.1 Å². The number of hydrogen-bond donors (Lipinski definition) is 0. The van der Waals surface area contributed by atoms with Gasteiger partial charge in [0.15, 0.2) is 0 Å². The monoisotopic (exact) mass is 477 g/mol. The lowest BCUT2D eigenvalue weighted by Crippen LogP contribution is -2.32. The molecule has 4 rings (SSSR count). The van der Waals surface area contributed by atoms with E-state index in [0.29, 0.717) is 24.5 Å². The van der Waals surface area contributed by atoms with E-state index in [-0.39, 0.29) is 24.6 Å². The number of sulfonamides is 1. The molecule has 1 heterocycles. The van der Waals surface area contributed by atoms with Crippen LogP contribution in [0.2, 0.25) is 0 Å². The molecule has 3 aromatic rings. The number of benzene rings is 3. The van der Waals surface area contributed by atoms with Crippen LogP contribution in [0, 0.1) is 0 Å². The fourth-order valence-electron chi connectivity index (χ4n) is 3.54. The highest BCUT2D eigenvalue weighted by Gasteiger charge is 2.32. The number of fused-ring (bicyclic) bond motifs is 1. The van der Waals surface area contributed by atoms with Crippen LogP contribution in [0.3, 0.4) is 0 Å². The second kappa shape index (κ2) is 9.54. The summed E-state index contributed by atoms with van der Waals surface area (Å²) in [6, 6.07) is 18.7. The molecule has 33 heavy (non-hydrogen) atoms. The number of rotatable bonds is 6. The minimum Gasteiger partial charge on any atom is -0.492 e. The zero-order valence-corrected chi connectivity index (χ0v) is 18.4. The van der Waals surface area contributed by atoms with Gasteiger partial charge >= 0.3 is 6.18 Å². The van der Waals surface area contributed by atoms with Crippen molar-refractivity contribution in [3.63, 3.8) is 0 Å². The van der Waals surface area contributed by atoms with Gasteiger partial charge in [-0.15, -0.1) is 0 Å². The van der Waals surface area contributed by atoms with E-state index in [2.05, 4.69) is 0 Å². The maximum Gasteiger partial charge on any atom is 0.416 e. The zero-order chi connectivity index (χ0) is 23.5. The van der Waals surface area contributed by atoms with E-state index in [9.17, 15) is 21.6 Å². The molecule has 1 aliphatic rings. The molecule has 174 valence electrons. The second-order valence-electron chi connectivity index (χ2n) is 7.63. The van der Waals surface area contributed by atoms with E-state index in [1.54, 1.807) is 6.07 Å². The van der Waals surface area contributed by atoms with Crippen LogP contribution in [0.25, 0.3) is 0 Å². The number of alkyl halides is 3. The highest BCUT2D eigenvalue weighted by molar-refractivity contribution is 7.89. The van der Waals surface area contributed by atoms with Crippen molar-refractivity contribution in [1.29, 1.82) is 0 Å². The van der Waals surface area contributed by atoms with E-state index in [0.717, 1.165) is 35.4 Å². The Morgan fingerprint density at radius 1 is 0.909 bits per heavy atom. The van der Waals surface area contributed by atoms with Gasteiger partial charge < -0.3 is 9.47 Å². The first kappa shape index (κ1) is 23.3. The molecule has 1 aliphatic heterocycles. The van der Waals surface area contributed by atoms with Crippen LogP contribution in [0.15, 0.2) is 77.7 Å². The van der Waals surface area contributed by atoms with Gasteiger partial charge in [-0.05, 0) is 47.5 Å². The summed E-state index contributed by atoms with van der Waals surface area (Å²) >= 11 is 0. The summed E-state index contributed by atoms with van der Waals surface area (Å²) in [6.45, 7) is 1.05. The van der Waals surface area contributed by atoms with Crippen molar-refractivity contribution in [1.82, 2.24) is 4.31 Å². The maximum absolute atomic E-state index is 13.1. The topological polar surface area (TPSA) is 55.8 Å². The Morgan fingerprint density at radius 3 is 2.30 bits per heavy atom. The maximum atomic E-state index is 13.1. The van der Waals surface area contributed by atoms with Crippen LogP contribution >= 0.6 is 0 Å². The van der Waals surface area contributed by atoms with Gasteiger partial charge in [0.1, 0.15) is 12.4 Å². The summed E-state index contributed by atoms with van der Waals surface area (Å²) in [4.78, 5) is -0.193. The van der Waals surface area contributed by atoms with Crippen LogP contribution in [-0.4, -0.2) is 25.9 Å². The predicted molar refractivity (Wildman–Crippen MR) is 116 cm³/mol. The zero-order valence-electron chi connectivity index (χ0n) is 17.6. The highest BCUT2D eigenvalue weighted by atomic mass is 32.2. The Balaban J connectivity index is 1.49. The molecule has 9 heteroatoms. The Labute approximate surface area is 190 Å². The smallest absolute Gasteiger partial charge is 0.416 e. The van der Waals surface area contributed by atoms with Crippen molar-refractivity contribution in [2.45, 2.75) is 30.8 Å². The van der Waals surface area contributed by atoms with E-state index >= 15 is 0 Å². The van der Waals surface area contributed by atoms with E-state index < -0.39 is 21.8 Å². The first-order valence-electron chi connectivity index (χ1n) is 10.3. The van der Waals surface area contributed by atoms with Gasteiger partial charge in [-0.1, -0.05) is 36.4 Å². The molecular weight excluding hydrogens is 455 g/mol. The van der Waals surface area contributed by atoms with Crippen LogP contribution in [-0.2, 0) is 40.7 Å². The molecular formula is C24H22F3NO4S. The fourth-order valence-corrected chi connectivity index (χ4v) is 4.95. The number of ether oxygens (including phenoxy) is 2. The molecule has 3 aromatic carbocycles. The molecule has 5 nitrogen and oxygen atoms in total. The summed E-state index contributed by atoms with van der Waals surface area (Å²) in [5, 5.41) is 0. The highest BCUT2D eigenvalue weighted by Crippen LogP contribution is 2.31. The van der Waals surface area contributed by atoms with Gasteiger partial charge in [0.05, 0.1) is 23.7 Å². The van der Waals surface area contributed by atoms with Crippen molar-refractivity contribution in [2.24, 2.45) is 0 Å². The molecule has 0 saturated carbocycles. The van der Waals surface area contributed by atoms with Gasteiger partial charge in [0.2, 0.25) is 10.0 Å². The molecule has 0 unspecified atom stereocenters. The average molecular weight is 478 g/mol. The van der Waals surface area contributed by atoms with Crippen LogP contribution in [0.5, 0.6) is 5.75 Å². The molecule has 0 spiro atoms. The van der Waals surface area contributed by atoms with Gasteiger partial charge in [0, 0.05) is 18.7 Å². The number of halogens is 3. The van der Waals surface area contributed by atoms with Gasteiger partial charge in [-0.2, -0.15) is 17.5 Å². The lowest BCUT2D eigenvalue weighted by molar-refractivity contribution is -0.137. The second-order valence-corrected chi connectivity index (χ2v) is 9.57. The van der Waals surface area contributed by atoms with Gasteiger partial charge in [-0.25, -0.2) is 8.42 Å². The SMILES string of the molecule is O=S(=O)(c1ccc(C(F)(F)F)cc1)N1CCOc2ccc(COCc3ccccc3)cc2C1. The first-order valence-corrected chi connectivity index (χ1v) is 11.7. The van der Waals surface area contributed by atoms with Gasteiger partial charge in [-0.3, -0.25) is 0 Å². The van der Waals surface area contributed by atoms with E-state index in [1.807, 2.05) is 42.5 Å². The summed E-state index contributed by atoms with van der Waals surface area (Å²) in [6.07, 6.45) is -4.53. The Bertz CT molecular complexity index is 1200. The minimum absolute atomic E-state index is 0.0468. The molecule has 0 bridgehead atoms. The fraction of sp³-hybridized carbons (Fsp3) is 0.250. The van der Waals surface area contributed by atoms with Crippen molar-refractivity contribution >= 4 is 10.0 Å². The number of hydrogen-bond acceptors (Lipinski definition) is 4. The molecule has 0 fully saturated rings. The van der Waals surface area contributed by atoms with Gasteiger partial charge in [0.25, 0.3) is 0 Å². The molecule has 0 aromatic heterocycles. The summed E-state index contributed by atoms with van der Waals surface area (Å²) in [5.41, 5.74) is 1.68. The summed E-state index contributed by atoms with van der Waals surface area (Å²) < 4.78 is 77.3. The predicted octanol–water partition coefficient (Wildman–Crippen LogP) is 5.01. The lowest BCUT2D eigenvalue weighted by Gasteiger charge is -2.20. The average Bonchev–Trinajstić information content (AvgIpc) is 3.02. The normalized spacial score (nSPS) is 14.9. The summed E-state index contributed by atoms with van der Waals surface area (Å²) in [7, 11) is -4.00. The summed E-state index contributed by atoms with van der Waals surface area (Å²) in [5.74, 6) is 0.576. The quantitative estimate of drug-likeness (QED) is 0.501. The molecule has 0 saturated heterocycles. The third-order valence-corrected chi connectivity index (χ3v) is 7.13. The Hall–Kier alpha value is -2.88. The third-order valence-electron chi connectivity index (χ3n) is 5.27. The van der Waals surface area contributed by atoms with Crippen LogP contribution in [0.1, 0.15) is 22.3 Å². The molecule has 0 N–H and O–H groups in total. The Morgan fingerprint density at radius 2 is 1.61 bits per heavy atom. The molecule has 0 amide bonds. The first-order chi connectivity index (χ1) is 15.7. The van der Waals surface area contributed by atoms with E-state index in [1.165, 1.54) is 4.31 Å². The Kier molecular flexibility index (Phi) is 6.73. The molecule has 0 radical (unpaired) electrons. The van der Waals surface area contributed by atoms with E-state index in [4.69, 9.17) is 9.47 Å². The van der Waals surface area contributed by atoms with Crippen LogP contribution < -0.4 is 4.74 Å². The van der Waals surface area contributed by atoms with Crippen molar-refractivity contribution in [2.75, 3.05) is 13.2 Å². The third kappa shape index (κ3) is 5.55. The lowest BCUT2D eigenvalue weighted by atomic mass is 10.1. The van der Waals surface area contributed by atoms with Crippen molar-refractivity contribution in [3.05, 3.63) is 95.1 Å².